The standard InChI is InChI=1S/C35H54O8/c1-18-13-35(28-32(6,43-28)17-40-35)42-20-14-31(5)22-8-7-21-29(2,3)23(41-27-26(38)25(37)19(36)15-39-27)9-10-33(21)16-34(22,33)12-11-30(31,4)24(18)20/h18-28,36-38H,7-17H2,1-6H3/t18-,19-,20+,21+,22+,23-,24+,25+,26-,27+,28+,30-,31+,32+,33-,34+,35+/m1/s1. The Balaban J connectivity index is 0.975. The van der Waals surface area contributed by atoms with Crippen LogP contribution in [0.15, 0.2) is 0 Å². The fourth-order valence-corrected chi connectivity index (χ4v) is 14.2. The van der Waals surface area contributed by atoms with E-state index in [-0.39, 0.29) is 46.8 Å². The zero-order valence-electron chi connectivity index (χ0n) is 27.0. The number of rotatable bonds is 2. The highest BCUT2D eigenvalue weighted by molar-refractivity contribution is 5.32. The van der Waals surface area contributed by atoms with E-state index in [0.717, 1.165) is 25.7 Å². The summed E-state index contributed by atoms with van der Waals surface area (Å²) in [5.74, 6) is 1.86. The fraction of sp³-hybridized carbons (Fsp3) is 1.00. The summed E-state index contributed by atoms with van der Waals surface area (Å²) >= 11 is 0. The molecule has 8 heteroatoms. The second-order valence-corrected chi connectivity index (χ2v) is 18.2. The molecule has 3 N–H and O–H groups in total. The van der Waals surface area contributed by atoms with Gasteiger partial charge in [0.25, 0.3) is 0 Å². The number of aliphatic hydroxyl groups excluding tert-OH is 3. The second kappa shape index (κ2) is 8.39. The molecule has 9 fully saturated rings. The van der Waals surface area contributed by atoms with Crippen LogP contribution in [-0.2, 0) is 23.7 Å². The Labute approximate surface area is 256 Å². The maximum absolute atomic E-state index is 10.6. The van der Waals surface area contributed by atoms with Crippen LogP contribution in [0.2, 0.25) is 0 Å². The largest absolute Gasteiger partial charge is 0.388 e. The minimum atomic E-state index is -1.24. The van der Waals surface area contributed by atoms with Gasteiger partial charge in [0.05, 0.1) is 25.4 Å². The number of ether oxygens (including phenoxy) is 5. The van der Waals surface area contributed by atoms with Gasteiger partial charge in [-0.25, -0.2) is 0 Å². The molecule has 17 atom stereocenters. The van der Waals surface area contributed by atoms with Crippen molar-refractivity contribution in [1.29, 1.82) is 0 Å². The molecule has 4 saturated heterocycles. The van der Waals surface area contributed by atoms with E-state index in [1.54, 1.807) is 0 Å². The fourth-order valence-electron chi connectivity index (χ4n) is 14.2. The van der Waals surface area contributed by atoms with E-state index < -0.39 is 30.4 Å². The summed E-state index contributed by atoms with van der Waals surface area (Å²) in [6.07, 6.45) is 6.47. The average molecular weight is 603 g/mol. The highest BCUT2D eigenvalue weighted by atomic mass is 16.8. The molecular formula is C35H54O8. The lowest BCUT2D eigenvalue weighted by Gasteiger charge is -2.63. The molecule has 9 aliphatic rings. The Morgan fingerprint density at radius 1 is 0.791 bits per heavy atom. The van der Waals surface area contributed by atoms with Gasteiger partial charge in [0.2, 0.25) is 0 Å². The molecule has 8 nitrogen and oxygen atoms in total. The molecule has 0 amide bonds. The van der Waals surface area contributed by atoms with Crippen LogP contribution in [0.1, 0.15) is 99.3 Å². The van der Waals surface area contributed by atoms with Crippen molar-refractivity contribution in [2.45, 2.75) is 154 Å². The molecule has 43 heavy (non-hydrogen) atoms. The second-order valence-electron chi connectivity index (χ2n) is 18.2. The number of aliphatic hydroxyl groups is 3. The molecule has 242 valence electrons. The molecule has 4 heterocycles. The van der Waals surface area contributed by atoms with Crippen LogP contribution in [0.25, 0.3) is 0 Å². The Morgan fingerprint density at radius 2 is 1.53 bits per heavy atom. The van der Waals surface area contributed by atoms with E-state index in [0.29, 0.717) is 41.1 Å². The van der Waals surface area contributed by atoms with Gasteiger partial charge in [-0.1, -0.05) is 34.6 Å². The Kier molecular flexibility index (Phi) is 5.63. The summed E-state index contributed by atoms with van der Waals surface area (Å²) in [5, 5.41) is 30.8. The van der Waals surface area contributed by atoms with Crippen molar-refractivity contribution in [1.82, 2.24) is 0 Å². The first kappa shape index (κ1) is 28.9. The molecule has 5 aliphatic carbocycles. The highest BCUT2D eigenvalue weighted by Gasteiger charge is 2.84. The third-order valence-corrected chi connectivity index (χ3v) is 16.3. The van der Waals surface area contributed by atoms with Gasteiger partial charge in [0.15, 0.2) is 12.1 Å². The minimum Gasteiger partial charge on any atom is -0.388 e. The predicted octanol–water partition coefficient (Wildman–Crippen LogP) is 4.17. The van der Waals surface area contributed by atoms with E-state index >= 15 is 0 Å². The summed E-state index contributed by atoms with van der Waals surface area (Å²) in [6, 6.07) is 0. The van der Waals surface area contributed by atoms with E-state index in [1.165, 1.54) is 32.1 Å². The summed E-state index contributed by atoms with van der Waals surface area (Å²) in [4.78, 5) is 0. The molecule has 0 bridgehead atoms. The lowest BCUT2D eigenvalue weighted by atomic mass is 9.41. The van der Waals surface area contributed by atoms with Crippen LogP contribution in [0.3, 0.4) is 0 Å². The average Bonchev–Trinajstić information content (AvgIpc) is 3.77. The Hall–Kier alpha value is -0.320. The normalized spacial score (nSPS) is 65.9. The van der Waals surface area contributed by atoms with Gasteiger partial charge in [-0.2, -0.15) is 0 Å². The van der Waals surface area contributed by atoms with Crippen LogP contribution in [0.4, 0.5) is 0 Å². The topological polar surface area (TPSA) is 110 Å². The van der Waals surface area contributed by atoms with Gasteiger partial charge in [0.1, 0.15) is 30.0 Å². The smallest absolute Gasteiger partial charge is 0.198 e. The van der Waals surface area contributed by atoms with E-state index in [4.69, 9.17) is 23.7 Å². The molecule has 5 saturated carbocycles. The van der Waals surface area contributed by atoms with E-state index in [9.17, 15) is 15.3 Å². The number of fused-ring (bicyclic) bond motifs is 6. The highest BCUT2D eigenvalue weighted by Crippen LogP contribution is 2.89. The van der Waals surface area contributed by atoms with Gasteiger partial charge in [0, 0.05) is 6.42 Å². The monoisotopic (exact) mass is 602 g/mol. The van der Waals surface area contributed by atoms with Crippen molar-refractivity contribution < 1.29 is 39.0 Å². The summed E-state index contributed by atoms with van der Waals surface area (Å²) in [7, 11) is 0. The van der Waals surface area contributed by atoms with E-state index in [1.807, 2.05) is 0 Å². The Morgan fingerprint density at radius 3 is 2.26 bits per heavy atom. The van der Waals surface area contributed by atoms with Gasteiger partial charge >= 0.3 is 0 Å². The SMILES string of the molecule is C[C@@H]1C[C@]2(OC[C@]3(C)O[C@H]23)O[C@H]2C[C@@]3(C)[C@@H]4CC[C@H]5C(C)(C)[C@H](O[C@@H]6OC[C@@H](O)[C@H](O)[C@H]6O)CC[C@@]56C[C@@]46CC[C@]3(C)[C@@H]12. The van der Waals surface area contributed by atoms with Gasteiger partial charge in [-0.05, 0) is 109 Å². The molecular weight excluding hydrogens is 548 g/mol. The van der Waals surface area contributed by atoms with Crippen molar-refractivity contribution in [3.05, 3.63) is 0 Å². The number of hydrogen-bond acceptors (Lipinski definition) is 8. The predicted molar refractivity (Wildman–Crippen MR) is 156 cm³/mol. The van der Waals surface area contributed by atoms with Crippen molar-refractivity contribution in [2.75, 3.05) is 13.2 Å². The number of hydrogen-bond donors (Lipinski definition) is 3. The molecule has 0 radical (unpaired) electrons. The molecule has 0 aromatic rings. The van der Waals surface area contributed by atoms with Crippen molar-refractivity contribution >= 4 is 0 Å². The molecule has 0 aromatic heterocycles. The molecule has 0 unspecified atom stereocenters. The molecule has 4 aliphatic heterocycles. The first-order valence-electron chi connectivity index (χ1n) is 17.5. The van der Waals surface area contributed by atoms with Crippen LogP contribution in [0.5, 0.6) is 0 Å². The number of epoxide rings is 1. The lowest BCUT2D eigenvalue weighted by Crippen LogP contribution is -2.60. The van der Waals surface area contributed by atoms with Crippen molar-refractivity contribution in [3.63, 3.8) is 0 Å². The van der Waals surface area contributed by atoms with Crippen LogP contribution in [0, 0.1) is 50.7 Å². The molecule has 0 aromatic carbocycles. The molecule has 3 spiro atoms. The quantitative estimate of drug-likeness (QED) is 0.319. The van der Waals surface area contributed by atoms with Crippen LogP contribution < -0.4 is 0 Å². The maximum Gasteiger partial charge on any atom is 0.198 e. The molecule has 9 rings (SSSR count). The van der Waals surface area contributed by atoms with Crippen LogP contribution >= 0.6 is 0 Å². The van der Waals surface area contributed by atoms with Gasteiger partial charge in [-0.15, -0.1) is 0 Å². The first-order chi connectivity index (χ1) is 20.2. The summed E-state index contributed by atoms with van der Waals surface area (Å²) < 4.78 is 31.9. The third kappa shape index (κ3) is 3.27. The van der Waals surface area contributed by atoms with E-state index in [2.05, 4.69) is 41.5 Å². The van der Waals surface area contributed by atoms with Crippen molar-refractivity contribution in [2.24, 2.45) is 50.7 Å². The van der Waals surface area contributed by atoms with Crippen LogP contribution in [-0.4, -0.2) is 82.8 Å². The third-order valence-electron chi connectivity index (χ3n) is 16.3. The summed E-state index contributed by atoms with van der Waals surface area (Å²) in [6.45, 7) is 15.3. The zero-order valence-corrected chi connectivity index (χ0v) is 27.0. The summed E-state index contributed by atoms with van der Waals surface area (Å²) in [5.41, 5.74) is 1.08. The lowest BCUT2D eigenvalue weighted by molar-refractivity contribution is -0.305. The zero-order chi connectivity index (χ0) is 30.2. The maximum atomic E-state index is 10.6. The first-order valence-corrected chi connectivity index (χ1v) is 17.5. The minimum absolute atomic E-state index is 0.0177. The Bertz CT molecular complexity index is 1210. The van der Waals surface area contributed by atoms with Gasteiger partial charge in [-0.3, -0.25) is 0 Å². The van der Waals surface area contributed by atoms with Crippen molar-refractivity contribution in [3.8, 4) is 0 Å². The van der Waals surface area contributed by atoms with Gasteiger partial charge < -0.3 is 39.0 Å².